The van der Waals surface area contributed by atoms with Crippen molar-refractivity contribution in [3.05, 3.63) is 178 Å². The van der Waals surface area contributed by atoms with E-state index in [0.29, 0.717) is 66.9 Å². The number of benzene rings is 5. The fourth-order valence-corrected chi connectivity index (χ4v) is 13.4. The molecule has 646 valence electrons. The highest BCUT2D eigenvalue weighted by Gasteiger charge is 2.38. The molecule has 38 heteroatoms. The number of hydrogen-bond donors (Lipinski definition) is 19. The van der Waals surface area contributed by atoms with Crippen molar-refractivity contribution in [2.45, 2.75) is 192 Å². The van der Waals surface area contributed by atoms with E-state index in [1.165, 1.54) is 42.8 Å². The van der Waals surface area contributed by atoms with E-state index in [4.69, 9.17) is 16.3 Å². The quantitative estimate of drug-likeness (QED) is 0.0381. The number of aromatic amines is 1. The van der Waals surface area contributed by atoms with Crippen LogP contribution in [0.25, 0.3) is 10.9 Å². The lowest BCUT2D eigenvalue weighted by molar-refractivity contribution is -0.138. The molecule has 20 N–H and O–H groups in total. The molecule has 0 unspecified atom stereocenters. The Morgan fingerprint density at radius 1 is 0.587 bits per heavy atom. The maximum atomic E-state index is 15.2. The number of thiol groups is 1. The second kappa shape index (κ2) is 45.2. The first-order valence-corrected chi connectivity index (χ1v) is 40.0. The summed E-state index contributed by atoms with van der Waals surface area (Å²) >= 11 is 4.49. The summed E-state index contributed by atoms with van der Waals surface area (Å²) in [5, 5.41) is 75.3. The largest absolute Gasteiger partial charge is 0.508 e. The number of nitrogens with zero attached hydrogens (tertiary/aromatic N) is 4. The average molecular weight is 1690 g/mol. The molecule has 13 amide bonds. The van der Waals surface area contributed by atoms with Crippen LogP contribution in [0, 0.1) is 11.8 Å². The molecule has 6 bridgehead atoms. The van der Waals surface area contributed by atoms with Gasteiger partial charge in [-0.05, 0) is 115 Å². The molecule has 5 aromatic carbocycles. The Balaban J connectivity index is 1.13. The summed E-state index contributed by atoms with van der Waals surface area (Å²) in [6.07, 6.45) is -0.00373. The molecule has 0 saturated heterocycles. The van der Waals surface area contributed by atoms with Gasteiger partial charge in [-0.3, -0.25) is 67.1 Å². The van der Waals surface area contributed by atoms with Crippen molar-refractivity contribution < 1.29 is 87.3 Å². The number of carboxylic acid groups (broad SMARTS) is 1. The van der Waals surface area contributed by atoms with Crippen LogP contribution in [0.4, 0.5) is 5.69 Å². The van der Waals surface area contributed by atoms with Gasteiger partial charge in [-0.2, -0.15) is 12.6 Å². The Labute approximate surface area is 702 Å². The number of aliphatic carboxylic acids is 1. The summed E-state index contributed by atoms with van der Waals surface area (Å²) in [6.45, 7) is 9.69. The SMILES string of the molecule is C/C1=N\OCn2cc(nn2)Cc2ccc(CS)c(c2)NC(=O)[C@H](C)NC(=O)[C@H](CC(C)C)NC(=O)[C@H](CC(C)C)NC(=O)[C@H](CC(N)=O)NC(=O)[C@H](Cc2c[nH]c3ccccc23)NC(=O)[C@H](Cc2ccc(O)cc2)NC(=O)[C@H](CCC(=O)O)NC(=O)[C@H](C)NC(=O)[C@H](Cc2ccccc2)NC(=O)[C@H](CO)NC(=O)[C@@H](NC(=O)CN)Cc2ccc1cc2. The average Bonchev–Trinajstić information content (AvgIpc) is 1.72. The number of primary amides is 1. The van der Waals surface area contributed by atoms with E-state index in [1.54, 1.807) is 138 Å². The number of aromatic hydroxyl groups is 1. The van der Waals surface area contributed by atoms with Crippen molar-refractivity contribution in [3.8, 4) is 5.75 Å². The van der Waals surface area contributed by atoms with Crippen LogP contribution in [0.3, 0.4) is 0 Å². The van der Waals surface area contributed by atoms with Gasteiger partial charge in [0, 0.05) is 67.1 Å². The summed E-state index contributed by atoms with van der Waals surface area (Å²) in [4.78, 5) is 207. The number of hydrogen-bond acceptors (Lipinski definition) is 22. The van der Waals surface area contributed by atoms with Gasteiger partial charge in [0.25, 0.3) is 0 Å². The molecule has 2 aromatic heterocycles. The molecule has 2 aliphatic heterocycles. The van der Waals surface area contributed by atoms with E-state index >= 15 is 9.59 Å². The molecule has 0 saturated carbocycles. The lowest BCUT2D eigenvalue weighted by Crippen LogP contribution is -2.61. The Hall–Kier alpha value is -13.1. The van der Waals surface area contributed by atoms with E-state index in [0.717, 1.165) is 0 Å². The topological polar surface area (TPSA) is 564 Å². The molecule has 0 fully saturated rings. The van der Waals surface area contributed by atoms with E-state index in [-0.39, 0.29) is 68.6 Å². The summed E-state index contributed by atoms with van der Waals surface area (Å²) in [5.74, 6) is -14.6. The number of anilines is 1. The second-order valence-corrected chi connectivity index (χ2v) is 30.7. The number of nitrogens with two attached hydrogens (primary N) is 2. The minimum atomic E-state index is -1.86. The molecule has 121 heavy (non-hydrogen) atoms. The Kier molecular flexibility index (Phi) is 34.9. The number of para-hydroxylation sites is 1. The lowest BCUT2D eigenvalue weighted by atomic mass is 9.99. The Morgan fingerprint density at radius 3 is 1.69 bits per heavy atom. The van der Waals surface area contributed by atoms with E-state index < -0.39 is 188 Å². The van der Waals surface area contributed by atoms with E-state index in [9.17, 15) is 72.9 Å². The first-order chi connectivity index (χ1) is 57.6. The van der Waals surface area contributed by atoms with Gasteiger partial charge >= 0.3 is 5.97 Å². The van der Waals surface area contributed by atoms with Crippen molar-refractivity contribution in [1.29, 1.82) is 0 Å². The fraction of sp³-hybridized carbons (Fsp3) is 0.410. The number of carbonyl (C=O) groups is 14. The molecule has 7 aromatic rings. The van der Waals surface area contributed by atoms with Gasteiger partial charge in [-0.25, -0.2) is 4.68 Å². The number of aromatic nitrogens is 4. The molecule has 0 radical (unpaired) electrons. The van der Waals surface area contributed by atoms with Crippen LogP contribution in [-0.2, 0) is 117 Å². The Morgan fingerprint density at radius 2 is 1.10 bits per heavy atom. The molecule has 2 aliphatic rings. The fourth-order valence-electron chi connectivity index (χ4n) is 13.1. The minimum absolute atomic E-state index is 0.0455. The molecule has 9 rings (SSSR count). The van der Waals surface area contributed by atoms with Gasteiger partial charge in [0.15, 0.2) is 0 Å². The van der Waals surface area contributed by atoms with Crippen LogP contribution in [0.1, 0.15) is 125 Å². The number of carboxylic acids is 1. The van der Waals surface area contributed by atoms with E-state index in [2.05, 4.69) is 96.9 Å². The zero-order chi connectivity index (χ0) is 88.1. The number of aliphatic hydroxyl groups excluding tert-OH is 1. The summed E-state index contributed by atoms with van der Waals surface area (Å²) in [7, 11) is 0. The third-order valence-corrected chi connectivity index (χ3v) is 19.9. The molecule has 0 aliphatic carbocycles. The van der Waals surface area contributed by atoms with Gasteiger partial charge < -0.3 is 100 Å². The van der Waals surface area contributed by atoms with Gasteiger partial charge in [0.05, 0.1) is 37.2 Å². The third kappa shape index (κ3) is 28.9. The van der Waals surface area contributed by atoms with Crippen molar-refractivity contribution >= 4 is 118 Å². The summed E-state index contributed by atoms with van der Waals surface area (Å²) in [5.41, 5.74) is 17.0. The number of phenols is 1. The molecular formula is C83H105N19O18S. The van der Waals surface area contributed by atoms with Gasteiger partial charge in [-0.1, -0.05) is 135 Å². The zero-order valence-corrected chi connectivity index (χ0v) is 68.9. The van der Waals surface area contributed by atoms with Crippen LogP contribution in [0.2, 0.25) is 0 Å². The number of nitrogens with one attached hydrogen (secondary N) is 13. The highest BCUT2D eigenvalue weighted by Crippen LogP contribution is 2.24. The number of phenolic OH excluding ortho intramolecular Hbond substituents is 1. The molecule has 37 nitrogen and oxygen atoms in total. The minimum Gasteiger partial charge on any atom is -0.508 e. The highest BCUT2D eigenvalue weighted by atomic mass is 32.1. The van der Waals surface area contributed by atoms with Crippen LogP contribution < -0.4 is 75.3 Å². The van der Waals surface area contributed by atoms with E-state index in [1.807, 2.05) is 6.07 Å². The number of fused-ring (bicyclic) bond motifs is 38. The van der Waals surface area contributed by atoms with Crippen LogP contribution in [-0.4, -0.2) is 203 Å². The first kappa shape index (κ1) is 93.4. The Bertz CT molecular complexity index is 4870. The third-order valence-electron chi connectivity index (χ3n) is 19.6. The number of H-pyrrole nitrogens is 1. The second-order valence-electron chi connectivity index (χ2n) is 30.3. The number of oxime groups is 1. The predicted molar refractivity (Wildman–Crippen MR) is 446 cm³/mol. The summed E-state index contributed by atoms with van der Waals surface area (Å²) in [6, 6.07) is 15.2. The highest BCUT2D eigenvalue weighted by molar-refractivity contribution is 7.79. The molecule has 0 spiro atoms. The number of amides is 13. The smallest absolute Gasteiger partial charge is 0.303 e. The van der Waals surface area contributed by atoms with Gasteiger partial charge in [0.2, 0.25) is 83.5 Å². The lowest BCUT2D eigenvalue weighted by Gasteiger charge is -2.28. The van der Waals surface area contributed by atoms with Crippen molar-refractivity contribution in [2.24, 2.45) is 28.5 Å². The zero-order valence-electron chi connectivity index (χ0n) is 68.0. The number of carbonyl (C=O) groups excluding carboxylic acids is 13. The van der Waals surface area contributed by atoms with Crippen molar-refractivity contribution in [1.82, 2.24) is 78.5 Å². The van der Waals surface area contributed by atoms with Crippen molar-refractivity contribution in [2.75, 3.05) is 18.5 Å². The summed E-state index contributed by atoms with van der Waals surface area (Å²) < 4.78 is 1.40. The van der Waals surface area contributed by atoms with Gasteiger partial charge in [-0.15, -0.1) is 5.10 Å². The predicted octanol–water partition coefficient (Wildman–Crippen LogP) is 0.263. The van der Waals surface area contributed by atoms with Crippen LogP contribution >= 0.6 is 12.6 Å². The molecule has 4 heterocycles. The van der Waals surface area contributed by atoms with Crippen LogP contribution in [0.15, 0.2) is 139 Å². The monoisotopic (exact) mass is 1690 g/mol. The molecule has 11 atom stereocenters. The first-order valence-electron chi connectivity index (χ1n) is 39.4. The standard InChI is InChI=1S/C83H105N19O18S/c1-44(2)29-62-76(112)87-48(7)74(110)91-61-35-52(19-24-54(61)42-121)31-56-40-102(101-99-56)43-120-100-46(5)53-22-17-50(18-23-53)33-64(89-71(106)38-84)79(115)98-69(41-103)83(119)95-65(32-49-13-9-8-10-14-49)77(113)88-47(6)73(109)90-60(27-28-72(107)108)75(111)94-66(34-51-20-25-57(104)26-21-51)80(116)96-67(36-55-39-86-59-16-12-11-15-58(55)59)81(117)97-68(37-70(85)105)82(118)93-63(30-45(3)4)78(114)92-62/h8-26,35,39-40,44-45,47-48,60,62-69,86,103-104,121H,27-34,36-38,41-43,84H2,1-7H3,(H2,85,105)(H,87,112)(H,88,113)(H,89,106)(H,90,109)(H,91,110)(H,92,114)(H,93,118)(H,94,111)(H,95,119)(H,96,116)(H,97,117)(H,98,115)(H,107,108)/b100-46+/t47-,48-,60-,62-,63-,64-,65-,66-,67-,68-,69-/m0/s1. The molecular weight excluding hydrogens is 1580 g/mol. The normalized spacial score (nSPS) is 22.3. The maximum absolute atomic E-state index is 15.2. The number of aliphatic hydroxyl groups is 1. The number of rotatable bonds is 19. The van der Waals surface area contributed by atoms with Crippen molar-refractivity contribution in [3.63, 3.8) is 0 Å². The van der Waals surface area contributed by atoms with Gasteiger partial charge in [0.1, 0.15) is 72.2 Å². The van der Waals surface area contributed by atoms with Crippen LogP contribution in [0.5, 0.6) is 5.75 Å². The maximum Gasteiger partial charge on any atom is 0.303 e.